The Bertz CT molecular complexity index is 559. The molecule has 0 radical (unpaired) electrons. The van der Waals surface area contributed by atoms with Gasteiger partial charge in [0.1, 0.15) is 0 Å². The van der Waals surface area contributed by atoms with Gasteiger partial charge in [-0.2, -0.15) is 0 Å². The Hall–Kier alpha value is -1.61. The highest BCUT2D eigenvalue weighted by atomic mass is 79.9. The Labute approximate surface area is 141 Å². The second-order valence-electron chi connectivity index (χ2n) is 5.59. The predicted octanol–water partition coefficient (Wildman–Crippen LogP) is 4.34. The fourth-order valence-electron chi connectivity index (χ4n) is 2.39. The summed E-state index contributed by atoms with van der Waals surface area (Å²) in [4.78, 5) is 12.7. The average Bonchev–Trinajstić information content (AvgIpc) is 2.52. The summed E-state index contributed by atoms with van der Waals surface area (Å²) in [5, 5.41) is 3.94. The fourth-order valence-corrected chi connectivity index (χ4v) is 2.67. The Morgan fingerprint density at radius 3 is 1.82 bits per heavy atom. The number of rotatable bonds is 6. The lowest BCUT2D eigenvalue weighted by Gasteiger charge is -2.18. The van der Waals surface area contributed by atoms with Crippen LogP contribution in [0.2, 0.25) is 0 Å². The number of hydrogen-bond donors (Lipinski definition) is 1. The van der Waals surface area contributed by atoms with E-state index in [9.17, 15) is 4.79 Å². The van der Waals surface area contributed by atoms with Gasteiger partial charge in [-0.15, -0.1) is 0 Å². The molecule has 1 N–H and O–H groups in total. The van der Waals surface area contributed by atoms with Crippen molar-refractivity contribution in [3.05, 3.63) is 70.8 Å². The van der Waals surface area contributed by atoms with Crippen molar-refractivity contribution in [3.8, 4) is 0 Å². The zero-order chi connectivity index (χ0) is 15.9. The number of carbonyl (C=O) groups excluding carboxylic acids is 1. The molecule has 1 amide bonds. The van der Waals surface area contributed by atoms with Gasteiger partial charge in [0.05, 0.1) is 5.92 Å². The van der Waals surface area contributed by atoms with Gasteiger partial charge in [-0.1, -0.05) is 75.6 Å². The lowest BCUT2D eigenvalue weighted by Crippen LogP contribution is -2.31. The van der Waals surface area contributed by atoms with Crippen molar-refractivity contribution >= 4 is 21.8 Å². The van der Waals surface area contributed by atoms with Crippen molar-refractivity contribution in [2.24, 2.45) is 0 Å². The normalized spacial score (nSPS) is 10.7. The highest BCUT2D eigenvalue weighted by molar-refractivity contribution is 9.09. The first-order valence-electron chi connectivity index (χ1n) is 7.58. The maximum atomic E-state index is 12.7. The molecule has 0 aliphatic rings. The standard InChI is InChI=1S/C19H22BrNO/c1-14-4-8-16(9-5-14)18(19(22)21-13-3-12-20)17-10-6-15(2)7-11-17/h4-11,18H,3,12-13H2,1-2H3,(H,21,22). The molecule has 22 heavy (non-hydrogen) atoms. The van der Waals surface area contributed by atoms with E-state index in [0.717, 1.165) is 22.9 Å². The Morgan fingerprint density at radius 1 is 0.955 bits per heavy atom. The first-order chi connectivity index (χ1) is 10.6. The molecule has 0 unspecified atom stereocenters. The van der Waals surface area contributed by atoms with Crippen molar-refractivity contribution in [1.82, 2.24) is 5.32 Å². The fraction of sp³-hybridized carbons (Fsp3) is 0.316. The van der Waals surface area contributed by atoms with Crippen LogP contribution in [0.4, 0.5) is 0 Å². The highest BCUT2D eigenvalue weighted by Crippen LogP contribution is 2.25. The van der Waals surface area contributed by atoms with Crippen molar-refractivity contribution in [2.75, 3.05) is 11.9 Å². The topological polar surface area (TPSA) is 29.1 Å². The van der Waals surface area contributed by atoms with Gasteiger partial charge in [0.15, 0.2) is 0 Å². The van der Waals surface area contributed by atoms with E-state index < -0.39 is 0 Å². The number of alkyl halides is 1. The van der Waals surface area contributed by atoms with Gasteiger partial charge in [-0.05, 0) is 31.4 Å². The molecule has 2 rings (SSSR count). The smallest absolute Gasteiger partial charge is 0.232 e. The summed E-state index contributed by atoms with van der Waals surface area (Å²) in [6.45, 7) is 4.81. The average molecular weight is 360 g/mol. The minimum atomic E-state index is -0.253. The van der Waals surface area contributed by atoms with Crippen LogP contribution >= 0.6 is 15.9 Å². The summed E-state index contributed by atoms with van der Waals surface area (Å²) in [5.74, 6) is -0.190. The molecule has 0 atom stereocenters. The summed E-state index contributed by atoms with van der Waals surface area (Å²) in [6, 6.07) is 16.4. The number of benzene rings is 2. The summed E-state index contributed by atoms with van der Waals surface area (Å²) in [5.41, 5.74) is 4.47. The molecule has 0 saturated heterocycles. The van der Waals surface area contributed by atoms with Crippen LogP contribution in [0, 0.1) is 13.8 Å². The van der Waals surface area contributed by atoms with Crippen LogP contribution in [0.1, 0.15) is 34.6 Å². The molecule has 0 fully saturated rings. The third kappa shape index (κ3) is 4.44. The minimum absolute atomic E-state index is 0.0636. The molecule has 0 aliphatic carbocycles. The SMILES string of the molecule is Cc1ccc(C(C(=O)NCCCBr)c2ccc(C)cc2)cc1. The monoisotopic (exact) mass is 359 g/mol. The molecule has 0 spiro atoms. The lowest BCUT2D eigenvalue weighted by molar-refractivity contribution is -0.121. The van der Waals surface area contributed by atoms with E-state index in [0.29, 0.717) is 6.54 Å². The Kier molecular flexibility index (Phi) is 6.20. The van der Waals surface area contributed by atoms with Crippen LogP contribution in [0.3, 0.4) is 0 Å². The number of carbonyl (C=O) groups is 1. The highest BCUT2D eigenvalue weighted by Gasteiger charge is 2.22. The number of nitrogens with one attached hydrogen (secondary N) is 1. The lowest BCUT2D eigenvalue weighted by atomic mass is 9.89. The van der Waals surface area contributed by atoms with Crippen LogP contribution < -0.4 is 5.32 Å². The first-order valence-corrected chi connectivity index (χ1v) is 8.71. The van der Waals surface area contributed by atoms with Crippen LogP contribution in [0.25, 0.3) is 0 Å². The minimum Gasteiger partial charge on any atom is -0.355 e. The molecule has 0 saturated carbocycles. The summed E-state index contributed by atoms with van der Waals surface area (Å²) in [6.07, 6.45) is 0.931. The molecular weight excluding hydrogens is 338 g/mol. The van der Waals surface area contributed by atoms with Gasteiger partial charge in [0.2, 0.25) is 5.91 Å². The van der Waals surface area contributed by atoms with Gasteiger partial charge < -0.3 is 5.32 Å². The van der Waals surface area contributed by atoms with Crippen LogP contribution in [-0.4, -0.2) is 17.8 Å². The van der Waals surface area contributed by atoms with Crippen LogP contribution in [0.15, 0.2) is 48.5 Å². The van der Waals surface area contributed by atoms with Crippen molar-refractivity contribution in [1.29, 1.82) is 0 Å². The van der Waals surface area contributed by atoms with Crippen molar-refractivity contribution in [2.45, 2.75) is 26.2 Å². The molecule has 0 aromatic heterocycles. The zero-order valence-electron chi connectivity index (χ0n) is 13.1. The molecule has 3 heteroatoms. The third-order valence-corrected chi connectivity index (χ3v) is 4.25. The van der Waals surface area contributed by atoms with Gasteiger partial charge in [-0.3, -0.25) is 4.79 Å². The zero-order valence-corrected chi connectivity index (χ0v) is 14.7. The van der Waals surface area contributed by atoms with Crippen molar-refractivity contribution < 1.29 is 4.79 Å². The first kappa shape index (κ1) is 16.8. The maximum Gasteiger partial charge on any atom is 0.232 e. The number of amides is 1. The van der Waals surface area contributed by atoms with E-state index >= 15 is 0 Å². The second kappa shape index (κ2) is 8.14. The van der Waals surface area contributed by atoms with Gasteiger partial charge in [-0.25, -0.2) is 0 Å². The van der Waals surface area contributed by atoms with E-state index in [1.807, 2.05) is 24.3 Å². The van der Waals surface area contributed by atoms with Crippen molar-refractivity contribution in [3.63, 3.8) is 0 Å². The molecule has 0 heterocycles. The van der Waals surface area contributed by atoms with E-state index in [2.05, 4.69) is 59.4 Å². The largest absolute Gasteiger partial charge is 0.355 e. The molecule has 0 bridgehead atoms. The van der Waals surface area contributed by atoms with Gasteiger partial charge in [0.25, 0.3) is 0 Å². The van der Waals surface area contributed by atoms with Gasteiger partial charge in [0, 0.05) is 11.9 Å². The number of hydrogen-bond acceptors (Lipinski definition) is 1. The van der Waals surface area contributed by atoms with E-state index in [-0.39, 0.29) is 11.8 Å². The third-order valence-electron chi connectivity index (χ3n) is 3.69. The molecule has 2 aromatic carbocycles. The van der Waals surface area contributed by atoms with E-state index in [1.54, 1.807) is 0 Å². The quantitative estimate of drug-likeness (QED) is 0.603. The molecule has 116 valence electrons. The Balaban J connectivity index is 2.29. The number of halogens is 1. The Morgan fingerprint density at radius 2 is 1.41 bits per heavy atom. The summed E-state index contributed by atoms with van der Waals surface area (Å²) >= 11 is 3.39. The molecule has 2 aromatic rings. The predicted molar refractivity (Wildman–Crippen MR) is 95.6 cm³/mol. The van der Waals surface area contributed by atoms with Gasteiger partial charge >= 0.3 is 0 Å². The van der Waals surface area contributed by atoms with E-state index in [4.69, 9.17) is 0 Å². The summed E-state index contributed by atoms with van der Waals surface area (Å²) in [7, 11) is 0. The second-order valence-corrected chi connectivity index (χ2v) is 6.38. The molecular formula is C19H22BrNO. The summed E-state index contributed by atoms with van der Waals surface area (Å²) < 4.78 is 0. The van der Waals surface area contributed by atoms with Crippen LogP contribution in [-0.2, 0) is 4.79 Å². The maximum absolute atomic E-state index is 12.7. The number of aryl methyl sites for hydroxylation is 2. The van der Waals surface area contributed by atoms with Crippen LogP contribution in [0.5, 0.6) is 0 Å². The molecule has 2 nitrogen and oxygen atoms in total. The molecule has 0 aliphatic heterocycles. The van der Waals surface area contributed by atoms with E-state index in [1.165, 1.54) is 11.1 Å².